The fraction of sp³-hybridized carbons (Fsp3) is 1.00. The van der Waals surface area contributed by atoms with Gasteiger partial charge in [0, 0.05) is 0 Å². The van der Waals surface area contributed by atoms with Crippen LogP contribution in [0.2, 0.25) is 0 Å². The van der Waals surface area contributed by atoms with Crippen LogP contribution in [-0.2, 0) is 6.15 Å². The van der Waals surface area contributed by atoms with Gasteiger partial charge in [-0.2, -0.15) is 0 Å². The Morgan fingerprint density at radius 3 is 1.95 bits per heavy atom. The Kier molecular flexibility index (Phi) is 9.29. The molecular weight excluding hydrogens is 416 g/mol. The van der Waals surface area contributed by atoms with Crippen molar-refractivity contribution >= 4 is 20.2 Å². The van der Waals surface area contributed by atoms with Gasteiger partial charge in [-0.1, -0.05) is 0 Å². The molecule has 0 fully saturated rings. The zero-order chi connectivity index (χ0) is 16.7. The van der Waals surface area contributed by atoms with E-state index in [-0.39, 0.29) is 6.61 Å². The summed E-state index contributed by atoms with van der Waals surface area (Å²) in [6, 6.07) is 0. The maximum atomic E-state index is 13.1. The minimum absolute atomic E-state index is 0.307. The number of hydrogen-bond acceptors (Lipinski definition) is 2. The molecule has 0 aromatic rings. The Bertz CT molecular complexity index is 326. The number of rotatable bonds is 11. The maximum absolute atomic E-state index is 13.1. The first-order valence-corrected chi connectivity index (χ1v) is 10.4. The van der Waals surface area contributed by atoms with Crippen molar-refractivity contribution in [3.63, 3.8) is 0 Å². The normalized spacial score (nSPS) is 14.5. The van der Waals surface area contributed by atoms with E-state index in [1.165, 1.54) is 0 Å². The summed E-state index contributed by atoms with van der Waals surface area (Å²) in [5.41, 5.74) is 0. The van der Waals surface area contributed by atoms with Gasteiger partial charge in [-0.25, -0.2) is 0 Å². The molecule has 21 heavy (non-hydrogen) atoms. The molecule has 0 bridgehead atoms. The number of alkyl halides is 7. The predicted molar refractivity (Wildman–Crippen MR) is 61.9 cm³/mol. The van der Waals surface area contributed by atoms with E-state index in [0.29, 0.717) is 12.8 Å². The zero-order valence-electron chi connectivity index (χ0n) is 11.4. The molecule has 1 atom stereocenters. The SMILES string of the molecule is CCCCCCC[O][Sn](=[O])[CH](F)C(F)(F)C(F)(F)C(F)F. The average molecular weight is 433 g/mol. The Morgan fingerprint density at radius 2 is 1.48 bits per heavy atom. The summed E-state index contributed by atoms with van der Waals surface area (Å²) < 4.78 is 99.5. The molecule has 126 valence electrons. The molecule has 0 aromatic heterocycles. The monoisotopic (exact) mass is 434 g/mol. The van der Waals surface area contributed by atoms with Crippen molar-refractivity contribution in [3.8, 4) is 0 Å². The van der Waals surface area contributed by atoms with E-state index in [2.05, 4.69) is 3.07 Å². The van der Waals surface area contributed by atoms with Crippen molar-refractivity contribution in [1.82, 2.24) is 0 Å². The molecule has 2 nitrogen and oxygen atoms in total. The number of unbranched alkanes of at least 4 members (excludes halogenated alkanes) is 4. The van der Waals surface area contributed by atoms with E-state index in [9.17, 15) is 33.8 Å². The zero-order valence-corrected chi connectivity index (χ0v) is 14.2. The fourth-order valence-corrected chi connectivity index (χ4v) is 4.21. The Balaban J connectivity index is 4.37. The van der Waals surface area contributed by atoms with Gasteiger partial charge in [0.25, 0.3) is 0 Å². The molecule has 0 rings (SSSR count). The van der Waals surface area contributed by atoms with Gasteiger partial charge in [-0.3, -0.25) is 0 Å². The van der Waals surface area contributed by atoms with E-state index in [1.807, 2.05) is 6.92 Å². The predicted octanol–water partition coefficient (Wildman–Crippen LogP) is 4.31. The van der Waals surface area contributed by atoms with Crippen LogP contribution in [-0.4, -0.2) is 49.2 Å². The van der Waals surface area contributed by atoms with Crippen molar-refractivity contribution in [2.24, 2.45) is 0 Å². The fourth-order valence-electron chi connectivity index (χ4n) is 1.41. The van der Waals surface area contributed by atoms with Gasteiger partial charge in [0.15, 0.2) is 0 Å². The van der Waals surface area contributed by atoms with Gasteiger partial charge >= 0.3 is 125 Å². The van der Waals surface area contributed by atoms with Gasteiger partial charge in [0.2, 0.25) is 0 Å². The first-order valence-electron chi connectivity index (χ1n) is 6.43. The molecule has 0 aliphatic heterocycles. The van der Waals surface area contributed by atoms with Crippen LogP contribution in [0.1, 0.15) is 39.0 Å². The van der Waals surface area contributed by atoms with Gasteiger partial charge in [-0.15, -0.1) is 0 Å². The molecule has 0 heterocycles. The number of hydrogen-bond donors (Lipinski definition) is 0. The summed E-state index contributed by atoms with van der Waals surface area (Å²) in [7, 11) is 0. The molecule has 0 radical (unpaired) electrons. The van der Waals surface area contributed by atoms with Crippen molar-refractivity contribution in [3.05, 3.63) is 0 Å². The van der Waals surface area contributed by atoms with Gasteiger partial charge < -0.3 is 0 Å². The van der Waals surface area contributed by atoms with Crippen LogP contribution in [0, 0.1) is 0 Å². The second-order valence-electron chi connectivity index (χ2n) is 4.49. The second kappa shape index (κ2) is 9.26. The molecule has 10 heteroatoms. The van der Waals surface area contributed by atoms with Crippen LogP contribution in [0.3, 0.4) is 0 Å². The molecule has 0 amide bonds. The molecule has 0 spiro atoms. The third-order valence-electron chi connectivity index (χ3n) is 2.74. The van der Waals surface area contributed by atoms with Gasteiger partial charge in [0.1, 0.15) is 0 Å². The Morgan fingerprint density at radius 1 is 0.952 bits per heavy atom. The van der Waals surface area contributed by atoms with Crippen molar-refractivity contribution in [2.75, 3.05) is 6.61 Å². The molecule has 1 unspecified atom stereocenters. The van der Waals surface area contributed by atoms with Crippen molar-refractivity contribution in [1.29, 1.82) is 0 Å². The van der Waals surface area contributed by atoms with E-state index in [0.717, 1.165) is 19.3 Å². The molecule has 0 aliphatic rings. The first kappa shape index (κ1) is 21.1. The van der Waals surface area contributed by atoms with E-state index >= 15 is 0 Å². The summed E-state index contributed by atoms with van der Waals surface area (Å²) in [4.78, 5) is 0. The first-order chi connectivity index (χ1) is 9.59. The molecule has 0 N–H and O–H groups in total. The third kappa shape index (κ3) is 5.99. The van der Waals surface area contributed by atoms with Crippen LogP contribution in [0.15, 0.2) is 0 Å². The quantitative estimate of drug-likeness (QED) is 0.276. The summed E-state index contributed by atoms with van der Waals surface area (Å²) in [5, 5.41) is 0. The average Bonchev–Trinajstić information content (AvgIpc) is 2.40. The van der Waals surface area contributed by atoms with Crippen LogP contribution < -0.4 is 0 Å². The Labute approximate surface area is 125 Å². The summed E-state index contributed by atoms with van der Waals surface area (Å²) in [6.07, 6.45) is -1.12. The summed E-state index contributed by atoms with van der Waals surface area (Å²) in [6.45, 7) is 1.65. The van der Waals surface area contributed by atoms with Crippen LogP contribution in [0.5, 0.6) is 0 Å². The Hall–Kier alpha value is 0.0687. The van der Waals surface area contributed by atoms with Crippen molar-refractivity contribution in [2.45, 2.75) is 61.5 Å². The van der Waals surface area contributed by atoms with E-state index in [1.54, 1.807) is 0 Å². The summed E-state index contributed by atoms with van der Waals surface area (Å²) in [5.74, 6) is -11.6. The standard InChI is InChI=1S/C7H15O.C4H2F7.O.Sn/c1-2-3-4-5-6-7-8;5-1-3(8,9)4(10,11)2(6)7;;/h2-7H2,1H3;1-2H;;/q-1;;;+1. The van der Waals surface area contributed by atoms with E-state index < -0.39 is 42.6 Å². The molecule has 0 saturated heterocycles. The second-order valence-corrected chi connectivity index (χ2v) is 8.58. The molecule has 0 saturated carbocycles. The summed E-state index contributed by atoms with van der Waals surface area (Å²) >= 11 is -5.21. The van der Waals surface area contributed by atoms with Crippen LogP contribution in [0.25, 0.3) is 0 Å². The van der Waals surface area contributed by atoms with Crippen LogP contribution in [0.4, 0.5) is 30.7 Å². The van der Waals surface area contributed by atoms with Gasteiger partial charge in [-0.05, 0) is 0 Å². The molecular formula is C11H17F7O2Sn. The minimum atomic E-state index is -5.88. The van der Waals surface area contributed by atoms with Crippen LogP contribution >= 0.6 is 0 Å². The number of halogens is 7. The van der Waals surface area contributed by atoms with E-state index in [4.69, 9.17) is 0 Å². The third-order valence-corrected chi connectivity index (χ3v) is 6.35. The molecule has 0 aliphatic carbocycles. The molecule has 0 aromatic carbocycles. The topological polar surface area (TPSA) is 26.3 Å². The van der Waals surface area contributed by atoms with Gasteiger partial charge in [0.05, 0.1) is 0 Å². The van der Waals surface area contributed by atoms with Crippen molar-refractivity contribution < 1.29 is 36.9 Å².